The van der Waals surface area contributed by atoms with Gasteiger partial charge in [-0.15, -0.1) is 0 Å². The molecule has 110 valence electrons. The summed E-state index contributed by atoms with van der Waals surface area (Å²) >= 11 is 11.8. The number of halogens is 2. The number of hydrogen-bond donors (Lipinski definition) is 1. The first-order chi connectivity index (χ1) is 10.1. The van der Waals surface area contributed by atoms with Crippen molar-refractivity contribution in [1.29, 1.82) is 0 Å². The number of aliphatic hydroxyl groups is 1. The van der Waals surface area contributed by atoms with Gasteiger partial charge in [-0.3, -0.25) is 0 Å². The van der Waals surface area contributed by atoms with Crippen LogP contribution in [0.5, 0.6) is 0 Å². The van der Waals surface area contributed by atoms with Crippen LogP contribution < -0.4 is 0 Å². The minimum atomic E-state index is -0.558. The van der Waals surface area contributed by atoms with Crippen LogP contribution in [0.2, 0.25) is 10.0 Å². The molecule has 2 aromatic rings. The molecule has 3 nitrogen and oxygen atoms in total. The predicted octanol–water partition coefficient (Wildman–Crippen LogP) is 3.93. The lowest BCUT2D eigenvalue weighted by molar-refractivity contribution is 0.0451. The molecule has 0 radical (unpaired) electrons. The molecule has 5 heteroatoms. The molecule has 0 aliphatic carbocycles. The molecule has 2 rings (SSSR count). The zero-order valence-corrected chi connectivity index (χ0v) is 12.6. The second-order valence-electron chi connectivity index (χ2n) is 4.49. The molecule has 0 heterocycles. The van der Waals surface area contributed by atoms with Crippen LogP contribution in [-0.2, 0) is 4.74 Å². The van der Waals surface area contributed by atoms with Crippen LogP contribution in [0.4, 0.5) is 0 Å². The maximum atomic E-state index is 12.0. The van der Waals surface area contributed by atoms with Gasteiger partial charge in [-0.2, -0.15) is 0 Å². The average molecular weight is 325 g/mol. The van der Waals surface area contributed by atoms with Crippen molar-refractivity contribution < 1.29 is 14.6 Å². The van der Waals surface area contributed by atoms with Crippen molar-refractivity contribution in [3.63, 3.8) is 0 Å². The van der Waals surface area contributed by atoms with E-state index >= 15 is 0 Å². The summed E-state index contributed by atoms with van der Waals surface area (Å²) in [6.07, 6.45) is 0. The molecule has 21 heavy (non-hydrogen) atoms. The Balaban J connectivity index is 2.05. The van der Waals surface area contributed by atoms with Gasteiger partial charge in [0.1, 0.15) is 6.61 Å². The van der Waals surface area contributed by atoms with Crippen molar-refractivity contribution in [1.82, 2.24) is 0 Å². The molecule has 0 spiro atoms. The Morgan fingerprint density at radius 2 is 1.81 bits per heavy atom. The van der Waals surface area contributed by atoms with Crippen molar-refractivity contribution in [3.05, 3.63) is 69.7 Å². The van der Waals surface area contributed by atoms with E-state index in [4.69, 9.17) is 27.9 Å². The Morgan fingerprint density at radius 1 is 1.10 bits per heavy atom. The van der Waals surface area contributed by atoms with Gasteiger partial charge in [0, 0.05) is 5.92 Å². The fourth-order valence-electron chi connectivity index (χ4n) is 1.90. The maximum Gasteiger partial charge on any atom is 0.339 e. The van der Waals surface area contributed by atoms with E-state index in [1.807, 2.05) is 30.3 Å². The minimum absolute atomic E-state index is 0.0716. The summed E-state index contributed by atoms with van der Waals surface area (Å²) in [6, 6.07) is 14.2. The van der Waals surface area contributed by atoms with Gasteiger partial charge in [0.2, 0.25) is 0 Å². The highest BCUT2D eigenvalue weighted by molar-refractivity contribution is 6.43. The third kappa shape index (κ3) is 3.97. The van der Waals surface area contributed by atoms with Gasteiger partial charge in [-0.25, -0.2) is 4.79 Å². The first-order valence-corrected chi connectivity index (χ1v) is 7.16. The molecule has 0 aromatic heterocycles. The van der Waals surface area contributed by atoms with Crippen molar-refractivity contribution >= 4 is 29.2 Å². The summed E-state index contributed by atoms with van der Waals surface area (Å²) in [4.78, 5) is 12.0. The molecule has 0 saturated heterocycles. The van der Waals surface area contributed by atoms with Gasteiger partial charge >= 0.3 is 5.97 Å². The number of hydrogen-bond acceptors (Lipinski definition) is 3. The van der Waals surface area contributed by atoms with Gasteiger partial charge in [-0.05, 0) is 17.7 Å². The van der Waals surface area contributed by atoms with E-state index in [2.05, 4.69) is 0 Å². The smallest absolute Gasteiger partial charge is 0.339 e. The molecule has 0 aliphatic rings. The Labute approximate surface area is 133 Å². The van der Waals surface area contributed by atoms with Gasteiger partial charge in [0.15, 0.2) is 0 Å². The fourth-order valence-corrected chi connectivity index (χ4v) is 2.27. The van der Waals surface area contributed by atoms with Crippen molar-refractivity contribution in [3.8, 4) is 0 Å². The van der Waals surface area contributed by atoms with E-state index in [1.54, 1.807) is 18.2 Å². The Kier molecular flexibility index (Phi) is 5.62. The van der Waals surface area contributed by atoms with Crippen molar-refractivity contribution in [2.75, 3.05) is 13.2 Å². The largest absolute Gasteiger partial charge is 0.461 e. The zero-order chi connectivity index (χ0) is 15.2. The lowest BCUT2D eigenvalue weighted by Crippen LogP contribution is -2.16. The van der Waals surface area contributed by atoms with Crippen molar-refractivity contribution in [2.45, 2.75) is 5.92 Å². The molecule has 0 fully saturated rings. The summed E-state index contributed by atoms with van der Waals surface area (Å²) in [5.74, 6) is -0.829. The Morgan fingerprint density at radius 3 is 2.48 bits per heavy atom. The zero-order valence-electron chi connectivity index (χ0n) is 11.1. The van der Waals surface area contributed by atoms with Crippen LogP contribution >= 0.6 is 23.2 Å². The third-order valence-electron chi connectivity index (χ3n) is 3.08. The lowest BCUT2D eigenvalue weighted by Gasteiger charge is -2.15. The lowest BCUT2D eigenvalue weighted by atomic mass is 10.0. The Bertz CT molecular complexity index is 614. The van der Waals surface area contributed by atoms with Crippen LogP contribution in [0.15, 0.2) is 48.5 Å². The van der Waals surface area contributed by atoms with Gasteiger partial charge < -0.3 is 9.84 Å². The number of carbonyl (C=O) groups excluding carboxylic acids is 1. The standard InChI is InChI=1S/C16H14Cl2O3/c17-14-8-4-7-13(15(14)18)16(20)21-10-12(9-19)11-5-2-1-3-6-11/h1-8,12,19H,9-10H2. The summed E-state index contributed by atoms with van der Waals surface area (Å²) < 4.78 is 5.23. The van der Waals surface area contributed by atoms with E-state index in [1.165, 1.54) is 0 Å². The van der Waals surface area contributed by atoms with E-state index in [0.29, 0.717) is 5.02 Å². The number of aliphatic hydroxyl groups excluding tert-OH is 1. The van der Waals surface area contributed by atoms with E-state index in [9.17, 15) is 9.90 Å². The monoisotopic (exact) mass is 324 g/mol. The summed E-state index contributed by atoms with van der Waals surface area (Å²) in [5.41, 5.74) is 1.12. The highest BCUT2D eigenvalue weighted by Crippen LogP contribution is 2.26. The first kappa shape index (κ1) is 15.8. The highest BCUT2D eigenvalue weighted by Gasteiger charge is 2.17. The molecular formula is C16H14Cl2O3. The molecule has 0 bridgehead atoms. The third-order valence-corrected chi connectivity index (χ3v) is 3.90. The average Bonchev–Trinajstić information content (AvgIpc) is 2.51. The Hall–Kier alpha value is -1.55. The fraction of sp³-hybridized carbons (Fsp3) is 0.188. The van der Waals surface area contributed by atoms with Crippen LogP contribution in [0.1, 0.15) is 21.8 Å². The van der Waals surface area contributed by atoms with Crippen LogP contribution in [0.3, 0.4) is 0 Å². The minimum Gasteiger partial charge on any atom is -0.461 e. The number of esters is 1. The van der Waals surface area contributed by atoms with Crippen LogP contribution in [0, 0.1) is 0 Å². The van der Waals surface area contributed by atoms with Crippen LogP contribution in [0.25, 0.3) is 0 Å². The molecule has 1 N–H and O–H groups in total. The summed E-state index contributed by atoms with van der Waals surface area (Å²) in [5, 5.41) is 9.89. The normalized spacial score (nSPS) is 12.0. The number of benzene rings is 2. The second-order valence-corrected chi connectivity index (χ2v) is 5.28. The van der Waals surface area contributed by atoms with E-state index in [-0.39, 0.29) is 29.7 Å². The van der Waals surface area contributed by atoms with Gasteiger partial charge in [0.25, 0.3) is 0 Å². The first-order valence-electron chi connectivity index (χ1n) is 6.40. The van der Waals surface area contributed by atoms with Gasteiger partial charge in [0.05, 0.1) is 22.2 Å². The molecular weight excluding hydrogens is 311 g/mol. The van der Waals surface area contributed by atoms with Crippen molar-refractivity contribution in [2.24, 2.45) is 0 Å². The molecule has 2 aromatic carbocycles. The SMILES string of the molecule is O=C(OCC(CO)c1ccccc1)c1cccc(Cl)c1Cl. The highest BCUT2D eigenvalue weighted by atomic mass is 35.5. The molecule has 1 unspecified atom stereocenters. The number of carbonyl (C=O) groups is 1. The number of rotatable bonds is 5. The van der Waals surface area contributed by atoms with E-state index in [0.717, 1.165) is 5.56 Å². The van der Waals surface area contributed by atoms with E-state index < -0.39 is 5.97 Å². The summed E-state index contributed by atoms with van der Waals surface area (Å²) in [6.45, 7) is -0.0389. The molecule has 0 amide bonds. The molecule has 0 aliphatic heterocycles. The quantitative estimate of drug-likeness (QED) is 0.848. The van der Waals surface area contributed by atoms with Crippen LogP contribution in [-0.4, -0.2) is 24.3 Å². The summed E-state index contributed by atoms with van der Waals surface area (Å²) in [7, 11) is 0. The maximum absolute atomic E-state index is 12.0. The topological polar surface area (TPSA) is 46.5 Å². The number of ether oxygens (including phenoxy) is 1. The predicted molar refractivity (Wildman–Crippen MR) is 83.0 cm³/mol. The molecule has 0 saturated carbocycles. The van der Waals surface area contributed by atoms with Gasteiger partial charge in [-0.1, -0.05) is 59.6 Å². The molecule has 1 atom stereocenters. The second kappa shape index (κ2) is 7.46.